The average Bonchev–Trinajstić information content (AvgIpc) is 2.97. The molecule has 0 aliphatic carbocycles. The molecule has 1 N–H and O–H groups in total. The number of nitrogens with one attached hydrogen (secondary N) is 1. The van der Waals surface area contributed by atoms with Crippen LogP contribution in [0.4, 0.5) is 10.2 Å². The lowest BCUT2D eigenvalue weighted by Crippen LogP contribution is -2.53. The summed E-state index contributed by atoms with van der Waals surface area (Å²) in [5.74, 6) is -0.0528. The Morgan fingerprint density at radius 2 is 1.81 bits per heavy atom. The third-order valence-electron chi connectivity index (χ3n) is 7.35. The second kappa shape index (κ2) is 11.3. The third kappa shape index (κ3) is 5.33. The maximum absolute atomic E-state index is 15.4. The number of anilines is 1. The summed E-state index contributed by atoms with van der Waals surface area (Å²) in [6.45, 7) is 6.43. The third-order valence-corrected chi connectivity index (χ3v) is 7.35. The van der Waals surface area contributed by atoms with Crippen molar-refractivity contribution in [2.45, 2.75) is 32.2 Å². The second-order valence-electron chi connectivity index (χ2n) is 9.45. The molecular formula is C28H33FN6O2. The summed E-state index contributed by atoms with van der Waals surface area (Å²) >= 11 is 0. The van der Waals surface area contributed by atoms with Crippen LogP contribution in [-0.2, 0) is 11.2 Å². The Kier molecular flexibility index (Phi) is 7.71. The number of benzene rings is 1. The van der Waals surface area contributed by atoms with Crippen molar-refractivity contribution in [2.24, 2.45) is 0 Å². The minimum atomic E-state index is -0.541. The number of rotatable bonds is 6. The number of piperazine rings is 1. The van der Waals surface area contributed by atoms with Crippen molar-refractivity contribution < 1.29 is 13.9 Å². The molecule has 0 radical (unpaired) electrons. The highest BCUT2D eigenvalue weighted by atomic mass is 19.1. The fourth-order valence-corrected chi connectivity index (χ4v) is 5.25. The van der Waals surface area contributed by atoms with Gasteiger partial charge in [-0.1, -0.05) is 13.0 Å². The molecule has 1 amide bonds. The summed E-state index contributed by atoms with van der Waals surface area (Å²) < 4.78 is 20.9. The molecule has 0 spiro atoms. The van der Waals surface area contributed by atoms with Crippen molar-refractivity contribution in [3.8, 4) is 22.4 Å². The van der Waals surface area contributed by atoms with Crippen LogP contribution in [0.1, 0.15) is 35.8 Å². The van der Waals surface area contributed by atoms with Gasteiger partial charge in [0, 0.05) is 75.4 Å². The van der Waals surface area contributed by atoms with Gasteiger partial charge in [0.2, 0.25) is 0 Å². The molecule has 4 heterocycles. The van der Waals surface area contributed by atoms with E-state index in [9.17, 15) is 4.79 Å². The first kappa shape index (κ1) is 25.2. The van der Waals surface area contributed by atoms with E-state index in [1.807, 2.05) is 26.1 Å². The molecule has 0 bridgehead atoms. The van der Waals surface area contributed by atoms with Crippen LogP contribution >= 0.6 is 0 Å². The molecule has 8 nitrogen and oxygen atoms in total. The largest absolute Gasteiger partial charge is 0.381 e. The van der Waals surface area contributed by atoms with Crippen LogP contribution in [0.15, 0.2) is 42.9 Å². The van der Waals surface area contributed by atoms with E-state index in [0.717, 1.165) is 61.8 Å². The molecule has 1 aromatic carbocycles. The van der Waals surface area contributed by atoms with Gasteiger partial charge >= 0.3 is 0 Å². The van der Waals surface area contributed by atoms with Crippen LogP contribution < -0.4 is 5.32 Å². The number of halogens is 1. The molecule has 5 rings (SSSR count). The molecule has 0 atom stereocenters. The van der Waals surface area contributed by atoms with Gasteiger partial charge in [0.1, 0.15) is 18.0 Å². The Labute approximate surface area is 216 Å². The van der Waals surface area contributed by atoms with Gasteiger partial charge in [0.25, 0.3) is 5.91 Å². The van der Waals surface area contributed by atoms with E-state index < -0.39 is 5.82 Å². The Balaban J connectivity index is 1.36. The summed E-state index contributed by atoms with van der Waals surface area (Å²) in [6, 6.07) is 9.12. The second-order valence-corrected chi connectivity index (χ2v) is 9.45. The van der Waals surface area contributed by atoms with Gasteiger partial charge in [-0.3, -0.25) is 9.69 Å². The molecule has 0 unspecified atom stereocenters. The topological polar surface area (TPSA) is 83.5 Å². The number of aryl methyl sites for hydroxylation is 1. The van der Waals surface area contributed by atoms with Crippen LogP contribution in [0.5, 0.6) is 0 Å². The summed E-state index contributed by atoms with van der Waals surface area (Å²) in [6.07, 6.45) is 6.02. The van der Waals surface area contributed by atoms with E-state index in [4.69, 9.17) is 4.74 Å². The average molecular weight is 505 g/mol. The first-order valence-electron chi connectivity index (χ1n) is 13.0. The smallest absolute Gasteiger partial charge is 0.256 e. The number of amides is 1. The van der Waals surface area contributed by atoms with Gasteiger partial charge < -0.3 is 15.0 Å². The number of carbonyl (C=O) groups excluding carboxylic acids is 1. The quantitative estimate of drug-likeness (QED) is 0.545. The zero-order valence-corrected chi connectivity index (χ0v) is 21.4. The molecule has 2 aliphatic rings. The number of pyridine rings is 1. The Morgan fingerprint density at radius 1 is 1.05 bits per heavy atom. The number of nitrogens with zero attached hydrogens (tertiary/aromatic N) is 5. The molecule has 9 heteroatoms. The van der Waals surface area contributed by atoms with Gasteiger partial charge in [-0.05, 0) is 43.5 Å². The van der Waals surface area contributed by atoms with Crippen LogP contribution in [0.2, 0.25) is 0 Å². The molecular weight excluding hydrogens is 471 g/mol. The maximum atomic E-state index is 15.4. The van der Waals surface area contributed by atoms with E-state index in [0.29, 0.717) is 36.8 Å². The Bertz CT molecular complexity index is 1240. The summed E-state index contributed by atoms with van der Waals surface area (Å²) in [7, 11) is 1.81. The van der Waals surface area contributed by atoms with Gasteiger partial charge in [-0.2, -0.15) is 0 Å². The van der Waals surface area contributed by atoms with Gasteiger partial charge in [0.15, 0.2) is 0 Å². The van der Waals surface area contributed by atoms with Crippen LogP contribution in [0.25, 0.3) is 22.4 Å². The standard InChI is InChI=1S/C28H33FN6O2/c1-3-24-26(20-5-7-25(30-2)31-17-20)27(33-18-32-24)19-4-6-22(23(29)16-19)28(36)35-12-10-34(11-13-35)21-8-14-37-15-9-21/h4-7,16-18,21H,3,8-15H2,1-2H3,(H,30,31). The maximum Gasteiger partial charge on any atom is 0.256 e. The van der Waals surface area contributed by atoms with Crippen LogP contribution in [0.3, 0.4) is 0 Å². The fraction of sp³-hybridized carbons (Fsp3) is 0.429. The lowest BCUT2D eigenvalue weighted by Gasteiger charge is -2.40. The molecule has 2 fully saturated rings. The van der Waals surface area contributed by atoms with E-state index in [2.05, 4.69) is 25.2 Å². The van der Waals surface area contributed by atoms with E-state index in [1.54, 1.807) is 23.2 Å². The zero-order valence-electron chi connectivity index (χ0n) is 21.4. The molecule has 2 saturated heterocycles. The number of hydrogen-bond donors (Lipinski definition) is 1. The predicted molar refractivity (Wildman–Crippen MR) is 141 cm³/mol. The van der Waals surface area contributed by atoms with Crippen molar-refractivity contribution >= 4 is 11.7 Å². The molecule has 0 saturated carbocycles. The molecule has 194 valence electrons. The van der Waals surface area contributed by atoms with E-state index in [1.165, 1.54) is 12.4 Å². The summed E-state index contributed by atoms with van der Waals surface area (Å²) in [4.78, 5) is 30.8. The lowest BCUT2D eigenvalue weighted by molar-refractivity contribution is 0.0136. The van der Waals surface area contributed by atoms with Crippen LogP contribution in [-0.4, -0.2) is 83.1 Å². The first-order valence-corrected chi connectivity index (χ1v) is 13.0. The number of aromatic nitrogens is 3. The van der Waals surface area contributed by atoms with Crippen molar-refractivity contribution in [2.75, 3.05) is 51.8 Å². The van der Waals surface area contributed by atoms with E-state index in [-0.39, 0.29) is 11.5 Å². The number of ether oxygens (including phenoxy) is 1. The molecule has 2 aromatic heterocycles. The molecule has 37 heavy (non-hydrogen) atoms. The summed E-state index contributed by atoms with van der Waals surface area (Å²) in [5, 5.41) is 3.02. The number of carbonyl (C=O) groups is 1. The zero-order chi connectivity index (χ0) is 25.8. The van der Waals surface area contributed by atoms with Gasteiger partial charge in [-0.15, -0.1) is 0 Å². The number of hydrogen-bond acceptors (Lipinski definition) is 7. The predicted octanol–water partition coefficient (Wildman–Crippen LogP) is 3.89. The Hall–Kier alpha value is -3.43. The van der Waals surface area contributed by atoms with Crippen molar-refractivity contribution in [1.82, 2.24) is 24.8 Å². The SMILES string of the molecule is CCc1ncnc(-c2ccc(C(=O)N3CCN(C4CCOCC4)CC3)c(F)c2)c1-c1ccc(NC)nc1. The molecule has 2 aliphatic heterocycles. The van der Waals surface area contributed by atoms with Crippen molar-refractivity contribution in [3.05, 3.63) is 59.9 Å². The highest BCUT2D eigenvalue weighted by molar-refractivity contribution is 5.95. The summed E-state index contributed by atoms with van der Waals surface area (Å²) in [5.41, 5.74) is 3.84. The van der Waals surface area contributed by atoms with Gasteiger partial charge in [0.05, 0.1) is 17.0 Å². The minimum Gasteiger partial charge on any atom is -0.381 e. The van der Waals surface area contributed by atoms with Crippen molar-refractivity contribution in [3.63, 3.8) is 0 Å². The van der Waals surface area contributed by atoms with Crippen molar-refractivity contribution in [1.29, 1.82) is 0 Å². The van der Waals surface area contributed by atoms with E-state index >= 15 is 4.39 Å². The van der Waals surface area contributed by atoms with Gasteiger partial charge in [-0.25, -0.2) is 19.3 Å². The highest BCUT2D eigenvalue weighted by Gasteiger charge is 2.29. The monoisotopic (exact) mass is 504 g/mol. The molecule has 3 aromatic rings. The normalized spacial score (nSPS) is 17.1. The first-order chi connectivity index (χ1) is 18.1. The fourth-order valence-electron chi connectivity index (χ4n) is 5.25. The highest BCUT2D eigenvalue weighted by Crippen LogP contribution is 2.33. The Morgan fingerprint density at radius 3 is 2.46 bits per heavy atom. The van der Waals surface area contributed by atoms with Crippen LogP contribution in [0, 0.1) is 5.82 Å². The minimum absolute atomic E-state index is 0.0922. The lowest BCUT2D eigenvalue weighted by atomic mass is 9.96.